The number of carbonyl (C=O) groups is 1. The molecule has 1 unspecified atom stereocenters. The van der Waals surface area contributed by atoms with Crippen LogP contribution in [0.4, 0.5) is 10.2 Å². The normalized spacial score (nSPS) is 12.0. The van der Waals surface area contributed by atoms with E-state index in [-0.39, 0.29) is 17.4 Å². The molecule has 0 spiro atoms. The van der Waals surface area contributed by atoms with Crippen molar-refractivity contribution in [1.29, 1.82) is 0 Å². The second kappa shape index (κ2) is 6.83. The number of hydrogen-bond donors (Lipinski definition) is 3. The molecule has 0 fully saturated rings. The van der Waals surface area contributed by atoms with E-state index in [0.717, 1.165) is 6.42 Å². The summed E-state index contributed by atoms with van der Waals surface area (Å²) in [6.07, 6.45) is 5.51. The average molecular weight is 291 g/mol. The van der Waals surface area contributed by atoms with Gasteiger partial charge in [0.2, 0.25) is 0 Å². The summed E-state index contributed by atoms with van der Waals surface area (Å²) in [5.74, 6) is -0.439. The zero-order valence-corrected chi connectivity index (χ0v) is 12.0. The van der Waals surface area contributed by atoms with E-state index in [1.807, 2.05) is 6.92 Å². The first kappa shape index (κ1) is 15.0. The fourth-order valence-electron chi connectivity index (χ4n) is 1.84. The minimum atomic E-state index is -0.643. The third kappa shape index (κ3) is 3.56. The summed E-state index contributed by atoms with van der Waals surface area (Å²) in [5, 5.41) is 5.55. The molecule has 0 aliphatic heterocycles. The number of aromatic nitrogens is 3. The number of amides is 1. The molecule has 6 nitrogen and oxygen atoms in total. The van der Waals surface area contributed by atoms with Gasteiger partial charge in [0.25, 0.3) is 5.91 Å². The number of hydrogen-bond acceptors (Lipinski definition) is 4. The Labute approximate surface area is 122 Å². The zero-order chi connectivity index (χ0) is 15.2. The number of pyridine rings is 1. The Kier molecular flexibility index (Phi) is 4.86. The molecule has 0 radical (unpaired) electrons. The number of rotatable bonds is 6. The highest BCUT2D eigenvalue weighted by Gasteiger charge is 2.18. The molecule has 0 aromatic carbocycles. The molecular formula is C14H18FN5O. The van der Waals surface area contributed by atoms with Crippen molar-refractivity contribution in [3.63, 3.8) is 0 Å². The van der Waals surface area contributed by atoms with E-state index in [0.29, 0.717) is 12.4 Å². The van der Waals surface area contributed by atoms with Gasteiger partial charge in [-0.15, -0.1) is 0 Å². The van der Waals surface area contributed by atoms with Crippen molar-refractivity contribution in [3.05, 3.63) is 41.9 Å². The molecule has 7 heteroatoms. The monoisotopic (exact) mass is 291 g/mol. The molecule has 2 aromatic heterocycles. The number of carbonyl (C=O) groups excluding carboxylic acids is 1. The predicted molar refractivity (Wildman–Crippen MR) is 77.4 cm³/mol. The van der Waals surface area contributed by atoms with Gasteiger partial charge in [0.1, 0.15) is 5.82 Å². The first-order chi connectivity index (χ1) is 10.1. The summed E-state index contributed by atoms with van der Waals surface area (Å²) in [7, 11) is 0. The van der Waals surface area contributed by atoms with Crippen LogP contribution in [0.2, 0.25) is 0 Å². The highest BCUT2D eigenvalue weighted by atomic mass is 19.1. The third-order valence-corrected chi connectivity index (χ3v) is 2.95. The van der Waals surface area contributed by atoms with Gasteiger partial charge in [-0.05, 0) is 19.4 Å². The van der Waals surface area contributed by atoms with Gasteiger partial charge in [0.15, 0.2) is 11.6 Å². The van der Waals surface area contributed by atoms with Crippen molar-refractivity contribution in [3.8, 4) is 0 Å². The Balaban J connectivity index is 2.12. The van der Waals surface area contributed by atoms with E-state index in [1.54, 1.807) is 19.3 Å². The van der Waals surface area contributed by atoms with Crippen molar-refractivity contribution < 1.29 is 9.18 Å². The molecule has 0 saturated carbocycles. The summed E-state index contributed by atoms with van der Waals surface area (Å²) < 4.78 is 14.2. The first-order valence-corrected chi connectivity index (χ1v) is 6.82. The van der Waals surface area contributed by atoms with Crippen LogP contribution in [-0.4, -0.2) is 27.4 Å². The molecule has 0 saturated heterocycles. The largest absolute Gasteiger partial charge is 0.368 e. The first-order valence-electron chi connectivity index (χ1n) is 6.82. The van der Waals surface area contributed by atoms with Crippen molar-refractivity contribution in [1.82, 2.24) is 20.3 Å². The Hall–Kier alpha value is -2.44. The van der Waals surface area contributed by atoms with Gasteiger partial charge in [0, 0.05) is 25.1 Å². The number of nitrogens with one attached hydrogen (secondary N) is 3. The number of halogens is 1. The maximum absolute atomic E-state index is 14.2. The lowest BCUT2D eigenvalue weighted by Crippen LogP contribution is -2.28. The SMILES string of the molecule is CCCNc1nccc(C(=O)NC(C)c2ncc[nH]2)c1F. The van der Waals surface area contributed by atoms with Crippen LogP contribution in [0.3, 0.4) is 0 Å². The second-order valence-electron chi connectivity index (χ2n) is 4.62. The highest BCUT2D eigenvalue weighted by molar-refractivity contribution is 5.95. The fraction of sp³-hybridized carbons (Fsp3) is 0.357. The molecule has 2 aromatic rings. The maximum Gasteiger partial charge on any atom is 0.255 e. The molecule has 0 aliphatic carbocycles. The Bertz CT molecular complexity index is 599. The molecule has 0 aliphatic rings. The zero-order valence-electron chi connectivity index (χ0n) is 12.0. The van der Waals surface area contributed by atoms with Gasteiger partial charge in [-0.2, -0.15) is 0 Å². The highest BCUT2D eigenvalue weighted by Crippen LogP contribution is 2.16. The van der Waals surface area contributed by atoms with Crippen LogP contribution in [0.25, 0.3) is 0 Å². The van der Waals surface area contributed by atoms with Crippen LogP contribution < -0.4 is 10.6 Å². The molecule has 0 bridgehead atoms. The Morgan fingerprint density at radius 1 is 1.43 bits per heavy atom. The van der Waals surface area contributed by atoms with Crippen molar-refractivity contribution in [2.24, 2.45) is 0 Å². The van der Waals surface area contributed by atoms with Crippen LogP contribution >= 0.6 is 0 Å². The maximum atomic E-state index is 14.2. The number of imidazole rings is 1. The lowest BCUT2D eigenvalue weighted by Gasteiger charge is -2.13. The Morgan fingerprint density at radius 2 is 2.24 bits per heavy atom. The van der Waals surface area contributed by atoms with Crippen molar-refractivity contribution >= 4 is 11.7 Å². The number of nitrogens with zero attached hydrogens (tertiary/aromatic N) is 2. The molecular weight excluding hydrogens is 273 g/mol. The van der Waals surface area contributed by atoms with Crippen molar-refractivity contribution in [2.45, 2.75) is 26.3 Å². The number of H-pyrrole nitrogens is 1. The van der Waals surface area contributed by atoms with Gasteiger partial charge >= 0.3 is 0 Å². The Morgan fingerprint density at radius 3 is 2.90 bits per heavy atom. The summed E-state index contributed by atoms with van der Waals surface area (Å²) in [5.41, 5.74) is -0.0398. The minimum absolute atomic E-state index is 0.0398. The standard InChI is InChI=1S/C14H18FN5O/c1-3-5-16-13-11(15)10(4-6-17-13)14(21)20-9(2)12-18-7-8-19-12/h4,6-9H,3,5H2,1-2H3,(H,16,17)(H,18,19)(H,20,21). The van der Waals surface area contributed by atoms with Gasteiger partial charge < -0.3 is 15.6 Å². The van der Waals surface area contributed by atoms with E-state index < -0.39 is 11.7 Å². The quantitative estimate of drug-likeness (QED) is 0.762. The lowest BCUT2D eigenvalue weighted by atomic mass is 10.2. The van der Waals surface area contributed by atoms with E-state index in [4.69, 9.17) is 0 Å². The number of anilines is 1. The second-order valence-corrected chi connectivity index (χ2v) is 4.62. The van der Waals surface area contributed by atoms with E-state index >= 15 is 0 Å². The van der Waals surface area contributed by atoms with E-state index in [9.17, 15) is 9.18 Å². The average Bonchev–Trinajstić information content (AvgIpc) is 3.00. The molecule has 1 atom stereocenters. The smallest absolute Gasteiger partial charge is 0.255 e. The van der Waals surface area contributed by atoms with Gasteiger partial charge in [-0.3, -0.25) is 4.79 Å². The number of aromatic amines is 1. The van der Waals surface area contributed by atoms with Crippen LogP contribution in [0.5, 0.6) is 0 Å². The molecule has 21 heavy (non-hydrogen) atoms. The van der Waals surface area contributed by atoms with Crippen molar-refractivity contribution in [2.75, 3.05) is 11.9 Å². The summed E-state index contributed by atoms with van der Waals surface area (Å²) in [6, 6.07) is 1.02. The molecule has 112 valence electrons. The summed E-state index contributed by atoms with van der Waals surface area (Å²) >= 11 is 0. The van der Waals surface area contributed by atoms with Crippen LogP contribution in [0, 0.1) is 5.82 Å². The summed E-state index contributed by atoms with van der Waals surface area (Å²) in [4.78, 5) is 23.0. The van der Waals surface area contributed by atoms with Crippen LogP contribution in [0.1, 0.15) is 42.5 Å². The van der Waals surface area contributed by atoms with Crippen LogP contribution in [0.15, 0.2) is 24.7 Å². The van der Waals surface area contributed by atoms with Gasteiger partial charge in [-0.25, -0.2) is 14.4 Å². The van der Waals surface area contributed by atoms with E-state index in [2.05, 4.69) is 25.6 Å². The summed E-state index contributed by atoms with van der Waals surface area (Å²) in [6.45, 7) is 4.33. The minimum Gasteiger partial charge on any atom is -0.368 e. The van der Waals surface area contributed by atoms with Crippen LogP contribution in [-0.2, 0) is 0 Å². The van der Waals surface area contributed by atoms with Gasteiger partial charge in [0.05, 0.1) is 11.6 Å². The topological polar surface area (TPSA) is 82.7 Å². The third-order valence-electron chi connectivity index (χ3n) is 2.95. The lowest BCUT2D eigenvalue weighted by molar-refractivity contribution is 0.0934. The fourth-order valence-corrected chi connectivity index (χ4v) is 1.84. The molecule has 2 heterocycles. The molecule has 1 amide bonds. The molecule has 3 N–H and O–H groups in total. The van der Waals surface area contributed by atoms with E-state index in [1.165, 1.54) is 12.3 Å². The molecule has 2 rings (SSSR count). The predicted octanol–water partition coefficient (Wildman–Crippen LogP) is 2.26. The van der Waals surface area contributed by atoms with Gasteiger partial charge in [-0.1, -0.05) is 6.92 Å².